The molecule has 0 bridgehead atoms. The molecule has 1 saturated heterocycles. The third-order valence-corrected chi connectivity index (χ3v) is 4.05. The van der Waals surface area contributed by atoms with Crippen LogP contribution in [-0.4, -0.2) is 26.0 Å². The minimum atomic E-state index is 0.440. The molecule has 2 aromatic rings. The van der Waals surface area contributed by atoms with Gasteiger partial charge in [-0.05, 0) is 44.9 Å². The molecule has 1 aliphatic heterocycles. The van der Waals surface area contributed by atoms with Crippen LogP contribution in [0, 0.1) is 13.8 Å². The quantitative estimate of drug-likeness (QED) is 0.860. The number of hydrogen-bond acceptors (Lipinski definition) is 3. The van der Waals surface area contributed by atoms with Crippen molar-refractivity contribution in [2.24, 2.45) is 7.05 Å². The number of nitrogens with zero attached hydrogens (tertiary/aromatic N) is 4. The second-order valence-corrected chi connectivity index (χ2v) is 5.79. The lowest BCUT2D eigenvalue weighted by Gasteiger charge is -2.24. The molecule has 0 spiro atoms. The van der Waals surface area contributed by atoms with Gasteiger partial charge >= 0.3 is 0 Å². The summed E-state index contributed by atoms with van der Waals surface area (Å²) in [5, 5.41) is 0. The minimum absolute atomic E-state index is 0.440. The molecule has 1 fully saturated rings. The Bertz CT molecular complexity index is 585. The number of likely N-dealkylation sites (tertiary alicyclic amines) is 1. The first kappa shape index (κ1) is 13.3. The fourth-order valence-corrected chi connectivity index (χ4v) is 3.08. The summed E-state index contributed by atoms with van der Waals surface area (Å²) in [4.78, 5) is 11.6. The molecule has 4 heteroatoms. The molecule has 20 heavy (non-hydrogen) atoms. The predicted molar refractivity (Wildman–Crippen MR) is 79.3 cm³/mol. The monoisotopic (exact) mass is 270 g/mol. The molecule has 2 aromatic heterocycles. The van der Waals surface area contributed by atoms with Gasteiger partial charge in [0.25, 0.3) is 0 Å². The van der Waals surface area contributed by atoms with E-state index in [0.29, 0.717) is 6.04 Å². The van der Waals surface area contributed by atoms with Crippen LogP contribution in [0.15, 0.2) is 24.5 Å². The first-order valence-electron chi connectivity index (χ1n) is 7.29. The summed E-state index contributed by atoms with van der Waals surface area (Å²) in [6.45, 7) is 6.19. The SMILES string of the molecule is Cc1ccc(CN2CCC[C@H]2c2nc(C)cn2C)cn1. The summed E-state index contributed by atoms with van der Waals surface area (Å²) < 4.78 is 2.17. The molecule has 0 radical (unpaired) electrons. The van der Waals surface area contributed by atoms with Gasteiger partial charge in [-0.2, -0.15) is 0 Å². The summed E-state index contributed by atoms with van der Waals surface area (Å²) in [6, 6.07) is 4.71. The van der Waals surface area contributed by atoms with Crippen molar-refractivity contribution in [2.45, 2.75) is 39.3 Å². The van der Waals surface area contributed by atoms with Gasteiger partial charge in [0, 0.05) is 31.7 Å². The van der Waals surface area contributed by atoms with Crippen LogP contribution in [-0.2, 0) is 13.6 Å². The lowest BCUT2D eigenvalue weighted by Crippen LogP contribution is -2.24. The standard InChI is InChI=1S/C16H22N4/c1-12-6-7-14(9-17-12)11-20-8-4-5-15(20)16-18-13(2)10-19(16)3/h6-7,9-10,15H,4-5,8,11H2,1-3H3/t15-/m0/s1. The normalized spacial score (nSPS) is 19.6. The third-order valence-electron chi connectivity index (χ3n) is 4.05. The summed E-state index contributed by atoms with van der Waals surface area (Å²) in [5.41, 5.74) is 3.46. The molecular weight excluding hydrogens is 248 g/mol. The summed E-state index contributed by atoms with van der Waals surface area (Å²) >= 11 is 0. The van der Waals surface area contributed by atoms with Crippen LogP contribution >= 0.6 is 0 Å². The van der Waals surface area contributed by atoms with Crippen molar-refractivity contribution in [1.29, 1.82) is 0 Å². The van der Waals surface area contributed by atoms with Crippen molar-refractivity contribution in [1.82, 2.24) is 19.4 Å². The number of aryl methyl sites for hydroxylation is 3. The number of hydrogen-bond donors (Lipinski definition) is 0. The molecule has 4 nitrogen and oxygen atoms in total. The average molecular weight is 270 g/mol. The third kappa shape index (κ3) is 2.61. The van der Waals surface area contributed by atoms with Gasteiger partial charge in [-0.15, -0.1) is 0 Å². The highest BCUT2D eigenvalue weighted by molar-refractivity contribution is 5.14. The molecule has 0 amide bonds. The van der Waals surface area contributed by atoms with E-state index in [4.69, 9.17) is 4.98 Å². The van der Waals surface area contributed by atoms with Crippen LogP contribution < -0.4 is 0 Å². The van der Waals surface area contributed by atoms with Crippen molar-refractivity contribution < 1.29 is 0 Å². The minimum Gasteiger partial charge on any atom is -0.336 e. The van der Waals surface area contributed by atoms with E-state index in [2.05, 4.69) is 46.8 Å². The van der Waals surface area contributed by atoms with Crippen molar-refractivity contribution in [2.75, 3.05) is 6.54 Å². The fourth-order valence-electron chi connectivity index (χ4n) is 3.08. The predicted octanol–water partition coefficient (Wildman–Crippen LogP) is 2.77. The second kappa shape index (κ2) is 5.37. The molecule has 0 aromatic carbocycles. The number of rotatable bonds is 3. The van der Waals surface area contributed by atoms with Crippen LogP contribution in [0.3, 0.4) is 0 Å². The van der Waals surface area contributed by atoms with Crippen molar-refractivity contribution in [3.63, 3.8) is 0 Å². The van der Waals surface area contributed by atoms with E-state index >= 15 is 0 Å². The van der Waals surface area contributed by atoms with Crippen molar-refractivity contribution in [3.8, 4) is 0 Å². The van der Waals surface area contributed by atoms with Crippen LogP contribution in [0.5, 0.6) is 0 Å². The molecule has 0 aliphatic carbocycles. The van der Waals surface area contributed by atoms with Gasteiger partial charge in [0.1, 0.15) is 5.82 Å². The maximum Gasteiger partial charge on any atom is 0.126 e. The Morgan fingerprint density at radius 3 is 2.75 bits per heavy atom. The lowest BCUT2D eigenvalue weighted by atomic mass is 10.2. The highest BCUT2D eigenvalue weighted by Gasteiger charge is 2.29. The van der Waals surface area contributed by atoms with E-state index in [1.807, 2.05) is 13.1 Å². The zero-order valence-electron chi connectivity index (χ0n) is 12.5. The molecular formula is C16H22N4. The zero-order valence-corrected chi connectivity index (χ0v) is 12.5. The lowest BCUT2D eigenvalue weighted by molar-refractivity contribution is 0.236. The van der Waals surface area contributed by atoms with E-state index in [1.54, 1.807) is 0 Å². The Hall–Kier alpha value is -1.68. The largest absolute Gasteiger partial charge is 0.336 e. The Morgan fingerprint density at radius 1 is 1.25 bits per heavy atom. The van der Waals surface area contributed by atoms with E-state index in [9.17, 15) is 0 Å². The molecule has 0 N–H and O–H groups in total. The van der Waals surface area contributed by atoms with Gasteiger partial charge < -0.3 is 4.57 Å². The average Bonchev–Trinajstić information content (AvgIpc) is 2.98. The number of imidazole rings is 1. The van der Waals surface area contributed by atoms with Crippen LogP contribution in [0.4, 0.5) is 0 Å². The Balaban J connectivity index is 1.79. The molecule has 106 valence electrons. The maximum absolute atomic E-state index is 4.70. The van der Waals surface area contributed by atoms with Crippen molar-refractivity contribution in [3.05, 3.63) is 47.3 Å². The highest BCUT2D eigenvalue weighted by atomic mass is 15.2. The molecule has 3 rings (SSSR count). The van der Waals surface area contributed by atoms with Crippen LogP contribution in [0.1, 0.15) is 41.7 Å². The van der Waals surface area contributed by atoms with Gasteiger partial charge in [-0.3, -0.25) is 9.88 Å². The van der Waals surface area contributed by atoms with Crippen molar-refractivity contribution >= 4 is 0 Å². The Morgan fingerprint density at radius 2 is 2.10 bits per heavy atom. The van der Waals surface area contributed by atoms with Gasteiger partial charge in [-0.25, -0.2) is 4.98 Å². The highest BCUT2D eigenvalue weighted by Crippen LogP contribution is 2.32. The first-order valence-corrected chi connectivity index (χ1v) is 7.29. The first-order chi connectivity index (χ1) is 9.63. The topological polar surface area (TPSA) is 34.0 Å². The van der Waals surface area contributed by atoms with Crippen LogP contribution in [0.2, 0.25) is 0 Å². The summed E-state index contributed by atoms with van der Waals surface area (Å²) in [5.74, 6) is 1.19. The van der Waals surface area contributed by atoms with Crippen LogP contribution in [0.25, 0.3) is 0 Å². The Kier molecular flexibility index (Phi) is 3.57. The zero-order chi connectivity index (χ0) is 14.1. The molecule has 0 unspecified atom stereocenters. The molecule has 1 atom stereocenters. The van der Waals surface area contributed by atoms with E-state index in [1.165, 1.54) is 24.2 Å². The Labute approximate surface area is 120 Å². The number of pyridine rings is 1. The summed E-state index contributed by atoms with van der Waals surface area (Å²) in [6.07, 6.45) is 6.55. The maximum atomic E-state index is 4.70. The van der Waals surface area contributed by atoms with E-state index in [-0.39, 0.29) is 0 Å². The molecule has 0 saturated carbocycles. The van der Waals surface area contributed by atoms with Gasteiger partial charge in [0.05, 0.1) is 11.7 Å². The van der Waals surface area contributed by atoms with Gasteiger partial charge in [0.15, 0.2) is 0 Å². The molecule has 1 aliphatic rings. The summed E-state index contributed by atoms with van der Waals surface area (Å²) in [7, 11) is 2.10. The molecule has 3 heterocycles. The van der Waals surface area contributed by atoms with Gasteiger partial charge in [0.2, 0.25) is 0 Å². The smallest absolute Gasteiger partial charge is 0.126 e. The van der Waals surface area contributed by atoms with Gasteiger partial charge in [-0.1, -0.05) is 6.07 Å². The number of aromatic nitrogens is 3. The fraction of sp³-hybridized carbons (Fsp3) is 0.500. The van der Waals surface area contributed by atoms with E-state index in [0.717, 1.165) is 24.5 Å². The second-order valence-electron chi connectivity index (χ2n) is 5.79. The van der Waals surface area contributed by atoms with E-state index < -0.39 is 0 Å².